The largest absolute Gasteiger partial charge is 0.504 e. The zero-order valence-corrected chi connectivity index (χ0v) is 6.53. The lowest BCUT2D eigenvalue weighted by molar-refractivity contribution is 0.101. The van der Waals surface area contributed by atoms with Crippen molar-refractivity contribution in [2.75, 3.05) is 5.73 Å². The van der Waals surface area contributed by atoms with Crippen LogP contribution in [0.4, 0.5) is 5.69 Å². The van der Waals surface area contributed by atoms with E-state index in [0.29, 0.717) is 0 Å². The van der Waals surface area contributed by atoms with Gasteiger partial charge in [-0.2, -0.15) is 0 Å². The second kappa shape index (κ2) is 2.73. The highest BCUT2D eigenvalue weighted by Crippen LogP contribution is 2.32. The van der Waals surface area contributed by atoms with E-state index in [-0.39, 0.29) is 28.5 Å². The molecule has 1 aromatic rings. The van der Waals surface area contributed by atoms with Crippen LogP contribution in [0.5, 0.6) is 11.5 Å². The number of phenols is 2. The van der Waals surface area contributed by atoms with E-state index in [1.807, 2.05) is 0 Å². The number of nitrogens with two attached hydrogens (primary N) is 1. The number of anilines is 1. The predicted molar refractivity (Wildman–Crippen MR) is 44.2 cm³/mol. The lowest BCUT2D eigenvalue weighted by Crippen LogP contribution is -1.94. The minimum Gasteiger partial charge on any atom is -0.504 e. The molecule has 1 rings (SSSR count). The summed E-state index contributed by atoms with van der Waals surface area (Å²) in [6.45, 7) is 1.35. The van der Waals surface area contributed by atoms with Gasteiger partial charge in [-0.25, -0.2) is 0 Å². The molecule has 0 aliphatic rings. The zero-order valence-electron chi connectivity index (χ0n) is 6.53. The monoisotopic (exact) mass is 167 g/mol. The second-order valence-electron chi connectivity index (χ2n) is 2.49. The van der Waals surface area contributed by atoms with Crippen molar-refractivity contribution in [1.29, 1.82) is 0 Å². The normalized spacial score (nSPS) is 9.75. The number of phenolic OH excluding ortho intramolecular Hbond substituents is 2. The number of rotatable bonds is 1. The van der Waals surface area contributed by atoms with Crippen molar-refractivity contribution >= 4 is 11.5 Å². The molecule has 0 radical (unpaired) electrons. The third-order valence-corrected chi connectivity index (χ3v) is 1.53. The molecule has 0 bridgehead atoms. The van der Waals surface area contributed by atoms with E-state index in [0.717, 1.165) is 0 Å². The highest BCUT2D eigenvalue weighted by atomic mass is 16.3. The summed E-state index contributed by atoms with van der Waals surface area (Å²) in [6, 6.07) is 2.49. The van der Waals surface area contributed by atoms with E-state index in [1.54, 1.807) is 0 Å². The Hall–Kier alpha value is -1.71. The standard InChI is InChI=1S/C8H9NO3/c1-4(10)5-2-6(9)8(12)7(11)3-5/h2-3,11-12H,9H2,1H3. The van der Waals surface area contributed by atoms with Gasteiger partial charge < -0.3 is 15.9 Å². The fraction of sp³-hybridized carbons (Fsp3) is 0.125. The Balaban J connectivity index is 3.31. The second-order valence-corrected chi connectivity index (χ2v) is 2.49. The van der Waals surface area contributed by atoms with Gasteiger partial charge in [-0.3, -0.25) is 4.79 Å². The van der Waals surface area contributed by atoms with Crippen molar-refractivity contribution in [2.45, 2.75) is 6.92 Å². The number of aromatic hydroxyl groups is 2. The summed E-state index contributed by atoms with van der Waals surface area (Å²) in [5.41, 5.74) is 5.58. The molecule has 12 heavy (non-hydrogen) atoms. The van der Waals surface area contributed by atoms with Crippen molar-refractivity contribution in [1.82, 2.24) is 0 Å². The summed E-state index contributed by atoms with van der Waals surface area (Å²) in [5.74, 6) is -0.975. The molecule has 4 nitrogen and oxygen atoms in total. The van der Waals surface area contributed by atoms with Gasteiger partial charge in [0.25, 0.3) is 0 Å². The van der Waals surface area contributed by atoms with Crippen LogP contribution >= 0.6 is 0 Å². The highest BCUT2D eigenvalue weighted by molar-refractivity contribution is 5.96. The van der Waals surface area contributed by atoms with Gasteiger partial charge in [-0.1, -0.05) is 0 Å². The quantitative estimate of drug-likeness (QED) is 0.329. The number of Topliss-reactive ketones (excluding diaryl/α,β-unsaturated/α-hetero) is 1. The van der Waals surface area contributed by atoms with Crippen LogP contribution in [-0.4, -0.2) is 16.0 Å². The van der Waals surface area contributed by atoms with Crippen molar-refractivity contribution < 1.29 is 15.0 Å². The molecular weight excluding hydrogens is 158 g/mol. The average molecular weight is 167 g/mol. The number of hydrogen-bond donors (Lipinski definition) is 3. The molecule has 64 valence electrons. The fourth-order valence-electron chi connectivity index (χ4n) is 0.844. The number of ketones is 1. The molecule has 0 saturated heterocycles. The van der Waals surface area contributed by atoms with E-state index in [1.165, 1.54) is 19.1 Å². The maximum Gasteiger partial charge on any atom is 0.181 e. The van der Waals surface area contributed by atoms with Gasteiger partial charge in [-0.15, -0.1) is 0 Å². The molecule has 0 amide bonds. The molecule has 0 aliphatic carbocycles. The summed E-state index contributed by atoms with van der Waals surface area (Å²) in [4.78, 5) is 10.8. The smallest absolute Gasteiger partial charge is 0.181 e. The zero-order chi connectivity index (χ0) is 9.30. The van der Waals surface area contributed by atoms with Gasteiger partial charge in [0, 0.05) is 5.56 Å². The Bertz CT molecular complexity index is 310. The van der Waals surface area contributed by atoms with Crippen LogP contribution in [0, 0.1) is 0 Å². The first-order chi connectivity index (χ1) is 5.52. The van der Waals surface area contributed by atoms with Gasteiger partial charge in [0.05, 0.1) is 5.69 Å². The molecule has 0 saturated carbocycles. The first-order valence-electron chi connectivity index (χ1n) is 3.34. The minimum absolute atomic E-state index is 0.000185. The number of carbonyl (C=O) groups is 1. The minimum atomic E-state index is -0.389. The Morgan fingerprint density at radius 1 is 1.42 bits per heavy atom. The number of benzene rings is 1. The third-order valence-electron chi connectivity index (χ3n) is 1.53. The van der Waals surface area contributed by atoms with Gasteiger partial charge in [0.1, 0.15) is 0 Å². The van der Waals surface area contributed by atoms with Gasteiger partial charge in [0.2, 0.25) is 0 Å². The Kier molecular flexibility index (Phi) is 1.91. The van der Waals surface area contributed by atoms with E-state index in [9.17, 15) is 4.79 Å². The molecule has 4 N–H and O–H groups in total. The van der Waals surface area contributed by atoms with Crippen molar-refractivity contribution in [3.63, 3.8) is 0 Å². The molecule has 1 aromatic carbocycles. The Morgan fingerprint density at radius 2 is 2.00 bits per heavy atom. The highest BCUT2D eigenvalue weighted by Gasteiger charge is 2.08. The summed E-state index contributed by atoms with van der Waals surface area (Å²) in [6.07, 6.45) is 0. The summed E-state index contributed by atoms with van der Waals surface area (Å²) >= 11 is 0. The molecule has 0 aromatic heterocycles. The molecule has 0 fully saturated rings. The van der Waals surface area contributed by atoms with Crippen LogP contribution < -0.4 is 5.73 Å². The summed E-state index contributed by atoms with van der Waals surface area (Å²) in [5, 5.41) is 18.1. The molecule has 0 heterocycles. The van der Waals surface area contributed by atoms with Crippen LogP contribution in [-0.2, 0) is 0 Å². The lowest BCUT2D eigenvalue weighted by atomic mass is 10.1. The van der Waals surface area contributed by atoms with E-state index >= 15 is 0 Å². The maximum atomic E-state index is 10.8. The summed E-state index contributed by atoms with van der Waals surface area (Å²) in [7, 11) is 0. The first kappa shape index (κ1) is 8.39. The van der Waals surface area contributed by atoms with E-state index in [4.69, 9.17) is 15.9 Å². The van der Waals surface area contributed by atoms with Crippen LogP contribution in [0.25, 0.3) is 0 Å². The molecule has 0 atom stereocenters. The maximum absolute atomic E-state index is 10.8. The van der Waals surface area contributed by atoms with Gasteiger partial charge in [0.15, 0.2) is 17.3 Å². The fourth-order valence-corrected chi connectivity index (χ4v) is 0.844. The number of carbonyl (C=O) groups excluding carboxylic acids is 1. The SMILES string of the molecule is CC(=O)c1cc(N)c(O)c(O)c1. The average Bonchev–Trinajstić information content (AvgIpc) is 1.99. The number of hydrogen-bond acceptors (Lipinski definition) is 4. The van der Waals surface area contributed by atoms with Crippen molar-refractivity contribution in [2.24, 2.45) is 0 Å². The molecule has 4 heteroatoms. The van der Waals surface area contributed by atoms with E-state index in [2.05, 4.69) is 0 Å². The topological polar surface area (TPSA) is 83.6 Å². The lowest BCUT2D eigenvalue weighted by Gasteiger charge is -2.03. The Labute approximate surface area is 69.3 Å². The van der Waals surface area contributed by atoms with Crippen LogP contribution in [0.3, 0.4) is 0 Å². The van der Waals surface area contributed by atoms with Crippen LogP contribution in [0.2, 0.25) is 0 Å². The Morgan fingerprint density at radius 3 is 2.42 bits per heavy atom. The van der Waals surface area contributed by atoms with Crippen LogP contribution in [0.15, 0.2) is 12.1 Å². The molecular formula is C8H9NO3. The summed E-state index contributed by atoms with van der Waals surface area (Å²) < 4.78 is 0. The molecule has 0 unspecified atom stereocenters. The van der Waals surface area contributed by atoms with Crippen LogP contribution in [0.1, 0.15) is 17.3 Å². The van der Waals surface area contributed by atoms with Gasteiger partial charge in [-0.05, 0) is 19.1 Å². The third kappa shape index (κ3) is 1.32. The molecule has 0 aliphatic heterocycles. The first-order valence-corrected chi connectivity index (χ1v) is 3.34. The van der Waals surface area contributed by atoms with E-state index < -0.39 is 0 Å². The van der Waals surface area contributed by atoms with Crippen molar-refractivity contribution in [3.8, 4) is 11.5 Å². The van der Waals surface area contributed by atoms with Crippen molar-refractivity contribution in [3.05, 3.63) is 17.7 Å². The predicted octanol–water partition coefficient (Wildman–Crippen LogP) is 0.883. The van der Waals surface area contributed by atoms with Gasteiger partial charge >= 0.3 is 0 Å². The number of nitrogen functional groups attached to an aromatic ring is 1. The molecule has 0 spiro atoms.